The number of benzene rings is 1. The molecule has 3 N–H and O–H groups in total. The number of nitrogens with two attached hydrogens (primary N) is 1. The highest BCUT2D eigenvalue weighted by Crippen LogP contribution is 2.17. The minimum absolute atomic E-state index is 0.105. The molecule has 0 bridgehead atoms. The number of halogens is 1. The number of rotatable bonds is 7. The Bertz CT molecular complexity index is 397. The summed E-state index contributed by atoms with van der Waals surface area (Å²) < 4.78 is 18.6. The fourth-order valence-electron chi connectivity index (χ4n) is 1.36. The van der Waals surface area contributed by atoms with Crippen LogP contribution in [0.1, 0.15) is 26.2 Å². The number of anilines is 2. The summed E-state index contributed by atoms with van der Waals surface area (Å²) >= 11 is 0. The summed E-state index contributed by atoms with van der Waals surface area (Å²) in [5, 5.41) is 2.47. The Labute approximate surface area is 106 Å². The lowest BCUT2D eigenvalue weighted by molar-refractivity contribution is -0.117. The lowest BCUT2D eigenvalue weighted by Crippen LogP contribution is -2.15. The van der Waals surface area contributed by atoms with E-state index < -0.39 is 5.82 Å². The number of carbonyl (C=O) groups is 1. The molecule has 1 rings (SSSR count). The zero-order valence-electron chi connectivity index (χ0n) is 10.5. The molecule has 18 heavy (non-hydrogen) atoms. The Hall–Kier alpha value is -1.62. The van der Waals surface area contributed by atoms with Crippen LogP contribution in [-0.4, -0.2) is 19.1 Å². The van der Waals surface area contributed by atoms with Gasteiger partial charge < -0.3 is 15.8 Å². The predicted octanol–water partition coefficient (Wildman–Crippen LogP) is 2.55. The zero-order valence-corrected chi connectivity index (χ0v) is 10.5. The Morgan fingerprint density at radius 1 is 1.44 bits per heavy atom. The highest BCUT2D eigenvalue weighted by atomic mass is 19.1. The molecule has 0 radical (unpaired) electrons. The molecule has 100 valence electrons. The first-order valence-electron chi connectivity index (χ1n) is 6.06. The fourth-order valence-corrected chi connectivity index (χ4v) is 1.36. The molecule has 0 aliphatic rings. The number of carbonyl (C=O) groups excluding carboxylic acids is 1. The molecule has 4 nitrogen and oxygen atoms in total. The SMILES string of the molecule is CCCCOCCC(=O)Nc1cc(N)ccc1F. The summed E-state index contributed by atoms with van der Waals surface area (Å²) in [5.74, 6) is -0.777. The minimum Gasteiger partial charge on any atom is -0.399 e. The second-order valence-corrected chi connectivity index (χ2v) is 4.00. The summed E-state index contributed by atoms with van der Waals surface area (Å²) in [7, 11) is 0. The van der Waals surface area contributed by atoms with E-state index in [0.717, 1.165) is 12.8 Å². The van der Waals surface area contributed by atoms with E-state index in [1.807, 2.05) is 0 Å². The van der Waals surface area contributed by atoms with Crippen LogP contribution in [-0.2, 0) is 9.53 Å². The molecule has 0 heterocycles. The van der Waals surface area contributed by atoms with E-state index in [2.05, 4.69) is 12.2 Å². The molecule has 0 aliphatic heterocycles. The molecule has 0 saturated carbocycles. The number of unbranched alkanes of at least 4 members (excludes halogenated alkanes) is 1. The van der Waals surface area contributed by atoms with Gasteiger partial charge >= 0.3 is 0 Å². The van der Waals surface area contributed by atoms with E-state index in [0.29, 0.717) is 18.9 Å². The monoisotopic (exact) mass is 254 g/mol. The van der Waals surface area contributed by atoms with Crippen molar-refractivity contribution in [2.75, 3.05) is 24.3 Å². The van der Waals surface area contributed by atoms with Gasteiger partial charge in [0.2, 0.25) is 5.91 Å². The molecular formula is C13H19FN2O2. The summed E-state index contributed by atoms with van der Waals surface area (Å²) in [6.07, 6.45) is 2.24. The number of hydrogen-bond acceptors (Lipinski definition) is 3. The maximum absolute atomic E-state index is 13.3. The first-order valence-corrected chi connectivity index (χ1v) is 6.06. The van der Waals surface area contributed by atoms with E-state index in [1.165, 1.54) is 18.2 Å². The zero-order chi connectivity index (χ0) is 13.4. The molecule has 0 fully saturated rings. The maximum Gasteiger partial charge on any atom is 0.226 e. The van der Waals surface area contributed by atoms with Gasteiger partial charge in [-0.1, -0.05) is 13.3 Å². The van der Waals surface area contributed by atoms with Gasteiger partial charge in [0, 0.05) is 12.3 Å². The molecule has 1 aromatic rings. The van der Waals surface area contributed by atoms with Crippen LogP contribution >= 0.6 is 0 Å². The quantitative estimate of drug-likeness (QED) is 0.580. The second kappa shape index (κ2) is 7.66. The summed E-state index contributed by atoms with van der Waals surface area (Å²) in [5.41, 5.74) is 6.03. The highest BCUT2D eigenvalue weighted by molar-refractivity contribution is 5.91. The third-order valence-corrected chi connectivity index (χ3v) is 2.38. The van der Waals surface area contributed by atoms with Crippen molar-refractivity contribution in [3.8, 4) is 0 Å². The number of nitrogen functional groups attached to an aromatic ring is 1. The Morgan fingerprint density at radius 2 is 2.22 bits per heavy atom. The molecule has 5 heteroatoms. The summed E-state index contributed by atoms with van der Waals surface area (Å²) in [4.78, 5) is 11.5. The van der Waals surface area contributed by atoms with Crippen molar-refractivity contribution >= 4 is 17.3 Å². The first kappa shape index (κ1) is 14.4. The van der Waals surface area contributed by atoms with Gasteiger partial charge in [-0.25, -0.2) is 4.39 Å². The van der Waals surface area contributed by atoms with Crippen LogP contribution in [0.3, 0.4) is 0 Å². The van der Waals surface area contributed by atoms with Gasteiger partial charge in [-0.3, -0.25) is 4.79 Å². The number of nitrogens with one attached hydrogen (secondary N) is 1. The third kappa shape index (κ3) is 5.14. The van der Waals surface area contributed by atoms with Crippen LogP contribution in [0.15, 0.2) is 18.2 Å². The van der Waals surface area contributed by atoms with Crippen LogP contribution in [0.5, 0.6) is 0 Å². The van der Waals surface area contributed by atoms with Gasteiger partial charge in [0.15, 0.2) is 0 Å². The normalized spacial score (nSPS) is 10.3. The molecule has 1 amide bonds. The van der Waals surface area contributed by atoms with Crippen LogP contribution in [0.2, 0.25) is 0 Å². The second-order valence-electron chi connectivity index (χ2n) is 4.00. The molecule has 0 aromatic heterocycles. The minimum atomic E-state index is -0.496. The van der Waals surface area contributed by atoms with Crippen LogP contribution in [0.25, 0.3) is 0 Å². The van der Waals surface area contributed by atoms with Crippen molar-refractivity contribution in [2.24, 2.45) is 0 Å². The average Bonchev–Trinajstić information content (AvgIpc) is 2.33. The van der Waals surface area contributed by atoms with E-state index in [-0.39, 0.29) is 18.0 Å². The fraction of sp³-hybridized carbons (Fsp3) is 0.462. The van der Waals surface area contributed by atoms with Crippen molar-refractivity contribution in [3.63, 3.8) is 0 Å². The van der Waals surface area contributed by atoms with Crippen molar-refractivity contribution in [3.05, 3.63) is 24.0 Å². The van der Waals surface area contributed by atoms with Crippen LogP contribution in [0, 0.1) is 5.82 Å². The molecule has 0 aliphatic carbocycles. The van der Waals surface area contributed by atoms with E-state index in [1.54, 1.807) is 0 Å². The highest BCUT2D eigenvalue weighted by Gasteiger charge is 2.07. The molecule has 1 aromatic carbocycles. The molecular weight excluding hydrogens is 235 g/mol. The van der Waals surface area contributed by atoms with Gasteiger partial charge in [0.05, 0.1) is 18.7 Å². The standard InChI is InChI=1S/C13H19FN2O2/c1-2-3-7-18-8-6-13(17)16-12-9-10(15)4-5-11(12)14/h4-5,9H,2-3,6-8,15H2,1H3,(H,16,17). The maximum atomic E-state index is 13.3. The van der Waals surface area contributed by atoms with Gasteiger partial charge in [0.25, 0.3) is 0 Å². The van der Waals surface area contributed by atoms with Crippen molar-refractivity contribution in [1.82, 2.24) is 0 Å². The smallest absolute Gasteiger partial charge is 0.226 e. The lowest BCUT2D eigenvalue weighted by Gasteiger charge is -2.07. The topological polar surface area (TPSA) is 64.3 Å². The van der Waals surface area contributed by atoms with Gasteiger partial charge in [0.1, 0.15) is 5.82 Å². The average molecular weight is 254 g/mol. The number of ether oxygens (including phenoxy) is 1. The number of hydrogen-bond donors (Lipinski definition) is 2. The number of amides is 1. The molecule has 0 spiro atoms. The molecule has 0 atom stereocenters. The van der Waals surface area contributed by atoms with Crippen molar-refractivity contribution in [1.29, 1.82) is 0 Å². The third-order valence-electron chi connectivity index (χ3n) is 2.38. The molecule has 0 saturated heterocycles. The van der Waals surface area contributed by atoms with Gasteiger partial charge in [-0.15, -0.1) is 0 Å². The summed E-state index contributed by atoms with van der Waals surface area (Å²) in [6.45, 7) is 3.06. The van der Waals surface area contributed by atoms with Crippen molar-refractivity contribution < 1.29 is 13.9 Å². The van der Waals surface area contributed by atoms with E-state index in [9.17, 15) is 9.18 Å². The van der Waals surface area contributed by atoms with Gasteiger partial charge in [-0.05, 0) is 24.6 Å². The van der Waals surface area contributed by atoms with E-state index >= 15 is 0 Å². The van der Waals surface area contributed by atoms with Crippen molar-refractivity contribution in [2.45, 2.75) is 26.2 Å². The van der Waals surface area contributed by atoms with Gasteiger partial charge in [-0.2, -0.15) is 0 Å². The Balaban J connectivity index is 2.33. The Kier molecular flexibility index (Phi) is 6.14. The first-order chi connectivity index (χ1) is 8.63. The molecule has 0 unspecified atom stereocenters. The summed E-state index contributed by atoms with van der Waals surface area (Å²) in [6, 6.07) is 4.06. The lowest BCUT2D eigenvalue weighted by atomic mass is 10.2. The largest absolute Gasteiger partial charge is 0.399 e. The van der Waals surface area contributed by atoms with Crippen LogP contribution in [0.4, 0.5) is 15.8 Å². The van der Waals surface area contributed by atoms with Crippen LogP contribution < -0.4 is 11.1 Å². The van der Waals surface area contributed by atoms with E-state index in [4.69, 9.17) is 10.5 Å². The Morgan fingerprint density at radius 3 is 2.94 bits per heavy atom. The predicted molar refractivity (Wildman–Crippen MR) is 69.8 cm³/mol.